The fourth-order valence-electron chi connectivity index (χ4n) is 1.38. The van der Waals surface area contributed by atoms with Gasteiger partial charge in [0.05, 0.1) is 0 Å². The van der Waals surface area contributed by atoms with Gasteiger partial charge in [-0.15, -0.1) is 0 Å². The molecule has 0 bridgehead atoms. The van der Waals surface area contributed by atoms with Gasteiger partial charge in [-0.3, -0.25) is 0 Å². The molecule has 2 nitrogen and oxygen atoms in total. The Labute approximate surface area is 94.9 Å². The van der Waals surface area contributed by atoms with E-state index in [1.54, 1.807) is 7.31 Å². The molecule has 0 saturated heterocycles. The lowest BCUT2D eigenvalue weighted by Crippen LogP contribution is -2.32. The molecule has 0 aliphatic carbocycles. The van der Waals surface area contributed by atoms with E-state index < -0.39 is 0 Å². The summed E-state index contributed by atoms with van der Waals surface area (Å²) in [6.07, 6.45) is 0. The molecule has 15 heavy (non-hydrogen) atoms. The number of nitrogens with zero attached hydrogens (tertiary/aromatic N) is 2. The van der Waals surface area contributed by atoms with Crippen LogP contribution in [0.1, 0.15) is 5.56 Å². The summed E-state index contributed by atoms with van der Waals surface area (Å²) in [5.74, 6) is 0. The monoisotopic (exact) mass is 199 g/mol. The van der Waals surface area contributed by atoms with Gasteiger partial charge in [0.15, 0.2) is 0 Å². The van der Waals surface area contributed by atoms with Crippen LogP contribution >= 0.6 is 0 Å². The Morgan fingerprint density at radius 3 is 2.40 bits per heavy atom. The molecule has 4 heteroatoms. The van der Waals surface area contributed by atoms with Crippen LogP contribution in [-0.4, -0.2) is 51.9 Å². The van der Waals surface area contributed by atoms with E-state index in [9.17, 15) is 0 Å². The zero-order valence-electron chi connectivity index (χ0n) is 9.56. The van der Waals surface area contributed by atoms with Gasteiger partial charge in [-0.2, -0.15) is 0 Å². The van der Waals surface area contributed by atoms with Crippen molar-refractivity contribution in [2.75, 3.05) is 27.2 Å². The molecule has 0 aromatic heterocycles. The van der Waals surface area contributed by atoms with Gasteiger partial charge in [-0.25, -0.2) is 0 Å². The summed E-state index contributed by atoms with van der Waals surface area (Å²) in [5.41, 5.74) is 1.35. The predicted molar refractivity (Wildman–Crippen MR) is 66.9 cm³/mol. The second-order valence-electron chi connectivity index (χ2n) is 3.85. The van der Waals surface area contributed by atoms with Crippen molar-refractivity contribution in [2.24, 2.45) is 0 Å². The van der Waals surface area contributed by atoms with E-state index in [4.69, 9.17) is 7.74 Å². The van der Waals surface area contributed by atoms with Gasteiger partial charge in [-0.1, -0.05) is 30.3 Å². The molecule has 0 atom stereocenters. The molecule has 0 amide bonds. The van der Waals surface area contributed by atoms with Crippen LogP contribution in [0.4, 0.5) is 0 Å². The van der Waals surface area contributed by atoms with Crippen LogP contribution in [0.2, 0.25) is 0 Å². The SMILES string of the molecule is [B][B]N(C)CCN(C)Cc1ccccc1. The van der Waals surface area contributed by atoms with Gasteiger partial charge < -0.3 is 9.71 Å². The van der Waals surface area contributed by atoms with Crippen LogP contribution in [0.3, 0.4) is 0 Å². The molecule has 0 fully saturated rings. The van der Waals surface area contributed by atoms with Gasteiger partial charge in [-0.05, 0) is 26.2 Å². The molecular formula is C11H17B2N2. The highest BCUT2D eigenvalue weighted by molar-refractivity contribution is 6.87. The van der Waals surface area contributed by atoms with Crippen molar-refractivity contribution in [3.05, 3.63) is 35.9 Å². The van der Waals surface area contributed by atoms with Crippen molar-refractivity contribution in [3.8, 4) is 0 Å². The zero-order valence-corrected chi connectivity index (χ0v) is 9.56. The largest absolute Gasteiger partial charge is 0.358 e. The highest BCUT2D eigenvalue weighted by Crippen LogP contribution is 2.01. The molecule has 0 aliphatic heterocycles. The molecule has 0 saturated carbocycles. The number of hydrogen-bond acceptors (Lipinski definition) is 2. The normalized spacial score (nSPS) is 10.9. The van der Waals surface area contributed by atoms with Crippen LogP contribution in [0.25, 0.3) is 0 Å². The van der Waals surface area contributed by atoms with Crippen LogP contribution in [0.15, 0.2) is 30.3 Å². The van der Waals surface area contributed by atoms with Gasteiger partial charge in [0, 0.05) is 20.8 Å². The number of rotatable bonds is 6. The highest BCUT2D eigenvalue weighted by Gasteiger charge is 2.01. The first kappa shape index (κ1) is 12.3. The first-order chi connectivity index (χ1) is 7.22. The third-order valence-electron chi connectivity index (χ3n) is 2.38. The van der Waals surface area contributed by atoms with Crippen LogP contribution in [0, 0.1) is 0 Å². The lowest BCUT2D eigenvalue weighted by atomic mass is 9.65. The Hall–Kier alpha value is -0.730. The van der Waals surface area contributed by atoms with Crippen molar-refractivity contribution in [1.82, 2.24) is 9.71 Å². The highest BCUT2D eigenvalue weighted by atomic mass is 15.1. The summed E-state index contributed by atoms with van der Waals surface area (Å²) in [7, 11) is 11.1. The molecule has 0 unspecified atom stereocenters. The number of likely N-dealkylation sites (N-methyl/N-ethyl adjacent to an activating group) is 2. The number of hydrogen-bond donors (Lipinski definition) is 0. The minimum Gasteiger partial charge on any atom is -0.358 e. The standard InChI is InChI=1S/C11H17B2N2/c1-14(8-9-15(2)13-12)10-11-6-4-3-5-7-11/h3-7H,8-10H2,1-2H3. The van der Waals surface area contributed by atoms with E-state index in [2.05, 4.69) is 36.2 Å². The van der Waals surface area contributed by atoms with Crippen molar-refractivity contribution in [1.29, 1.82) is 0 Å². The fraction of sp³-hybridized carbons (Fsp3) is 0.455. The maximum Gasteiger partial charge on any atom is 0.148 e. The summed E-state index contributed by atoms with van der Waals surface area (Å²) in [4.78, 5) is 4.27. The van der Waals surface area contributed by atoms with E-state index in [0.717, 1.165) is 19.6 Å². The van der Waals surface area contributed by atoms with Crippen LogP contribution in [0.5, 0.6) is 0 Å². The summed E-state index contributed by atoms with van der Waals surface area (Å²) in [6, 6.07) is 10.5. The van der Waals surface area contributed by atoms with E-state index in [-0.39, 0.29) is 0 Å². The fourth-order valence-corrected chi connectivity index (χ4v) is 1.38. The quantitative estimate of drug-likeness (QED) is 0.623. The van der Waals surface area contributed by atoms with Crippen molar-refractivity contribution in [3.63, 3.8) is 0 Å². The van der Waals surface area contributed by atoms with E-state index >= 15 is 0 Å². The van der Waals surface area contributed by atoms with Gasteiger partial charge in [0.1, 0.15) is 7.31 Å². The summed E-state index contributed by atoms with van der Waals surface area (Å²) < 4.78 is 0. The van der Waals surface area contributed by atoms with Crippen molar-refractivity contribution < 1.29 is 0 Å². The number of benzene rings is 1. The van der Waals surface area contributed by atoms with Gasteiger partial charge in [0.2, 0.25) is 0 Å². The Balaban J connectivity index is 2.27. The van der Waals surface area contributed by atoms with Crippen molar-refractivity contribution in [2.45, 2.75) is 6.54 Å². The van der Waals surface area contributed by atoms with Crippen LogP contribution < -0.4 is 0 Å². The van der Waals surface area contributed by atoms with E-state index in [1.807, 2.05) is 17.9 Å². The minimum atomic E-state index is 0.958. The first-order valence-electron chi connectivity index (χ1n) is 5.20. The lowest BCUT2D eigenvalue weighted by Gasteiger charge is -2.21. The van der Waals surface area contributed by atoms with E-state index in [0.29, 0.717) is 0 Å². The molecule has 1 rings (SSSR count). The summed E-state index contributed by atoms with van der Waals surface area (Å²) >= 11 is 0. The first-order valence-corrected chi connectivity index (χ1v) is 5.20. The van der Waals surface area contributed by atoms with Gasteiger partial charge in [0.25, 0.3) is 0 Å². The Morgan fingerprint density at radius 1 is 1.13 bits per heavy atom. The molecule has 0 spiro atoms. The maximum absolute atomic E-state index is 5.39. The molecule has 1 aromatic rings. The van der Waals surface area contributed by atoms with Crippen molar-refractivity contribution >= 4 is 15.0 Å². The lowest BCUT2D eigenvalue weighted by molar-refractivity contribution is 0.304. The topological polar surface area (TPSA) is 6.48 Å². The Kier molecular flexibility index (Phi) is 5.51. The minimum absolute atomic E-state index is 0.958. The predicted octanol–water partition coefficient (Wildman–Crippen LogP) is 0.753. The molecule has 0 aliphatic rings. The van der Waals surface area contributed by atoms with E-state index in [1.165, 1.54) is 5.56 Å². The second-order valence-corrected chi connectivity index (χ2v) is 3.85. The second kappa shape index (κ2) is 6.70. The molecule has 3 radical (unpaired) electrons. The third kappa shape index (κ3) is 5.05. The molecule has 77 valence electrons. The zero-order chi connectivity index (χ0) is 11.1. The average molecular weight is 199 g/mol. The Bertz CT molecular complexity index is 267. The smallest absolute Gasteiger partial charge is 0.148 e. The molecule has 0 heterocycles. The maximum atomic E-state index is 5.39. The third-order valence-corrected chi connectivity index (χ3v) is 2.38. The average Bonchev–Trinajstić information content (AvgIpc) is 2.27. The summed E-state index contributed by atoms with van der Waals surface area (Å²) in [5, 5.41) is 0. The molecular weight excluding hydrogens is 182 g/mol. The molecule has 1 aromatic carbocycles. The van der Waals surface area contributed by atoms with Gasteiger partial charge >= 0.3 is 0 Å². The molecule has 0 N–H and O–H groups in total. The Morgan fingerprint density at radius 2 is 1.80 bits per heavy atom. The summed E-state index contributed by atoms with van der Waals surface area (Å²) in [6.45, 7) is 2.96. The van der Waals surface area contributed by atoms with Crippen LogP contribution in [-0.2, 0) is 6.54 Å².